The van der Waals surface area contributed by atoms with Crippen LogP contribution in [0.5, 0.6) is 0 Å². The molecule has 0 atom stereocenters. The van der Waals surface area contributed by atoms with Gasteiger partial charge in [0, 0.05) is 11.8 Å². The second-order valence-corrected chi connectivity index (χ2v) is 7.61. The van der Waals surface area contributed by atoms with Crippen molar-refractivity contribution in [2.24, 2.45) is 0 Å². The van der Waals surface area contributed by atoms with E-state index in [4.69, 9.17) is 5.11 Å². The molecule has 20 heavy (non-hydrogen) atoms. The Morgan fingerprint density at radius 2 is 2.00 bits per heavy atom. The summed E-state index contributed by atoms with van der Waals surface area (Å²) in [6.45, 7) is 1.63. The van der Waals surface area contributed by atoms with Crippen molar-refractivity contribution in [3.63, 3.8) is 0 Å². The average Bonchev–Trinajstić information content (AvgIpc) is 2.70. The van der Waals surface area contributed by atoms with Crippen LogP contribution in [0, 0.1) is 6.92 Å². The molecule has 0 saturated heterocycles. The molecule has 0 saturated carbocycles. The predicted octanol–water partition coefficient (Wildman–Crippen LogP) is 2.36. The first kappa shape index (κ1) is 14.7. The zero-order chi connectivity index (χ0) is 14.9. The van der Waals surface area contributed by atoms with Crippen molar-refractivity contribution in [2.45, 2.75) is 12.7 Å². The third-order valence-electron chi connectivity index (χ3n) is 2.66. The minimum atomic E-state index is -3.17. The highest BCUT2D eigenvalue weighted by molar-refractivity contribution is 7.89. The lowest BCUT2D eigenvalue weighted by molar-refractivity contribution is 0.0701. The lowest BCUT2D eigenvalue weighted by atomic mass is 10.1. The van der Waals surface area contributed by atoms with Crippen molar-refractivity contribution in [1.82, 2.24) is 4.98 Å². The van der Waals surface area contributed by atoms with Gasteiger partial charge in [-0.1, -0.05) is 24.3 Å². The van der Waals surface area contributed by atoms with E-state index in [1.165, 1.54) is 6.26 Å². The van der Waals surface area contributed by atoms with Crippen LogP contribution in [-0.4, -0.2) is 30.7 Å². The molecule has 0 radical (unpaired) electrons. The molecule has 1 aromatic heterocycles. The van der Waals surface area contributed by atoms with Crippen LogP contribution in [0.15, 0.2) is 24.3 Å². The van der Waals surface area contributed by atoms with Gasteiger partial charge >= 0.3 is 5.97 Å². The predicted molar refractivity (Wildman–Crippen MR) is 77.8 cm³/mol. The number of thiazole rings is 1. The van der Waals surface area contributed by atoms with Gasteiger partial charge in [-0.25, -0.2) is 18.2 Å². The molecule has 0 fully saturated rings. The third kappa shape index (κ3) is 3.23. The van der Waals surface area contributed by atoms with Crippen LogP contribution in [0.3, 0.4) is 0 Å². The number of sulfone groups is 1. The molecule has 0 unspecified atom stereocenters. The van der Waals surface area contributed by atoms with Crippen LogP contribution < -0.4 is 0 Å². The van der Waals surface area contributed by atoms with Gasteiger partial charge in [-0.2, -0.15) is 0 Å². The van der Waals surface area contributed by atoms with E-state index in [0.717, 1.165) is 11.3 Å². The van der Waals surface area contributed by atoms with Gasteiger partial charge in [-0.3, -0.25) is 0 Å². The molecule has 0 aliphatic carbocycles. The molecule has 0 aliphatic heterocycles. The van der Waals surface area contributed by atoms with E-state index in [1.54, 1.807) is 31.2 Å². The summed E-state index contributed by atoms with van der Waals surface area (Å²) < 4.78 is 22.9. The van der Waals surface area contributed by atoms with Gasteiger partial charge in [-0.15, -0.1) is 11.3 Å². The van der Waals surface area contributed by atoms with Crippen LogP contribution in [0.1, 0.15) is 20.9 Å². The fourth-order valence-corrected chi connectivity index (χ4v) is 3.63. The lowest BCUT2D eigenvalue weighted by Crippen LogP contribution is -2.02. The lowest BCUT2D eigenvalue weighted by Gasteiger charge is -2.05. The Balaban J connectivity index is 2.53. The summed E-state index contributed by atoms with van der Waals surface area (Å²) in [6.07, 6.45) is 1.17. The number of nitrogens with zero attached hydrogens (tertiary/aromatic N) is 1. The Kier molecular flexibility index (Phi) is 3.92. The maximum absolute atomic E-state index is 11.5. The summed E-state index contributed by atoms with van der Waals surface area (Å²) in [7, 11) is -3.17. The van der Waals surface area contributed by atoms with Gasteiger partial charge in [0.15, 0.2) is 9.84 Å². The van der Waals surface area contributed by atoms with Gasteiger partial charge in [0.05, 0.1) is 11.4 Å². The fourth-order valence-electron chi connectivity index (χ4n) is 1.85. The summed E-state index contributed by atoms with van der Waals surface area (Å²) in [5.74, 6) is -1.11. The highest BCUT2D eigenvalue weighted by atomic mass is 32.2. The molecule has 0 spiro atoms. The number of benzene rings is 1. The number of carboxylic acid groups (broad SMARTS) is 1. The van der Waals surface area contributed by atoms with E-state index in [9.17, 15) is 13.2 Å². The summed E-state index contributed by atoms with van der Waals surface area (Å²) in [4.78, 5) is 15.5. The first-order valence-electron chi connectivity index (χ1n) is 5.74. The van der Waals surface area contributed by atoms with Gasteiger partial charge in [0.1, 0.15) is 9.88 Å². The van der Waals surface area contributed by atoms with Crippen molar-refractivity contribution >= 4 is 27.1 Å². The Bertz CT molecular complexity index is 762. The SMILES string of the molecule is Cc1nc(-c2ccccc2CS(C)(=O)=O)sc1C(=O)O. The minimum absolute atomic E-state index is 0.0930. The number of rotatable bonds is 4. The molecular formula is C13H13NO4S2. The van der Waals surface area contributed by atoms with Crippen LogP contribution >= 0.6 is 11.3 Å². The third-order valence-corrected chi connectivity index (χ3v) is 4.67. The monoisotopic (exact) mass is 311 g/mol. The molecule has 1 aromatic carbocycles. The van der Waals surface area contributed by atoms with Crippen molar-refractivity contribution in [3.8, 4) is 10.6 Å². The quantitative estimate of drug-likeness (QED) is 0.937. The number of aromatic carboxylic acids is 1. The topological polar surface area (TPSA) is 84.3 Å². The summed E-state index contributed by atoms with van der Waals surface area (Å²) in [5.41, 5.74) is 1.73. The number of hydrogen-bond donors (Lipinski definition) is 1. The van der Waals surface area contributed by atoms with Crippen LogP contribution in [0.25, 0.3) is 10.6 Å². The molecule has 0 amide bonds. The first-order chi connectivity index (χ1) is 9.28. The number of aryl methyl sites for hydroxylation is 1. The van der Waals surface area contributed by atoms with E-state index in [0.29, 0.717) is 21.8 Å². The highest BCUT2D eigenvalue weighted by Gasteiger charge is 2.18. The molecule has 1 heterocycles. The maximum atomic E-state index is 11.5. The van der Waals surface area contributed by atoms with E-state index < -0.39 is 15.8 Å². The van der Waals surface area contributed by atoms with E-state index in [1.807, 2.05) is 0 Å². The second-order valence-electron chi connectivity index (χ2n) is 4.47. The highest BCUT2D eigenvalue weighted by Crippen LogP contribution is 2.31. The van der Waals surface area contributed by atoms with Crippen molar-refractivity contribution < 1.29 is 18.3 Å². The van der Waals surface area contributed by atoms with E-state index in [-0.39, 0.29) is 10.6 Å². The van der Waals surface area contributed by atoms with Crippen molar-refractivity contribution in [3.05, 3.63) is 40.4 Å². The Morgan fingerprint density at radius 3 is 2.55 bits per heavy atom. The van der Waals surface area contributed by atoms with Gasteiger partial charge in [0.25, 0.3) is 0 Å². The van der Waals surface area contributed by atoms with Crippen molar-refractivity contribution in [2.75, 3.05) is 6.26 Å². The maximum Gasteiger partial charge on any atom is 0.347 e. The Morgan fingerprint density at radius 1 is 1.35 bits per heavy atom. The second kappa shape index (κ2) is 5.34. The van der Waals surface area contributed by atoms with E-state index >= 15 is 0 Å². The number of carbonyl (C=O) groups is 1. The molecule has 2 aromatic rings. The normalized spacial score (nSPS) is 11.5. The Hall–Kier alpha value is -1.73. The molecule has 0 aliphatic rings. The summed E-state index contributed by atoms with van der Waals surface area (Å²) in [5, 5.41) is 9.58. The van der Waals surface area contributed by atoms with Crippen LogP contribution in [0.4, 0.5) is 0 Å². The number of aromatic nitrogens is 1. The van der Waals surface area contributed by atoms with Crippen LogP contribution in [0.2, 0.25) is 0 Å². The van der Waals surface area contributed by atoms with Gasteiger partial charge in [-0.05, 0) is 12.5 Å². The molecular weight excluding hydrogens is 298 g/mol. The van der Waals surface area contributed by atoms with Gasteiger partial charge < -0.3 is 5.11 Å². The fraction of sp³-hybridized carbons (Fsp3) is 0.231. The Labute approximate surface area is 120 Å². The zero-order valence-electron chi connectivity index (χ0n) is 11.0. The van der Waals surface area contributed by atoms with Crippen molar-refractivity contribution in [1.29, 1.82) is 0 Å². The average molecular weight is 311 g/mol. The molecule has 2 rings (SSSR count). The minimum Gasteiger partial charge on any atom is -0.477 e. The smallest absolute Gasteiger partial charge is 0.347 e. The largest absolute Gasteiger partial charge is 0.477 e. The number of hydrogen-bond acceptors (Lipinski definition) is 5. The molecule has 7 heteroatoms. The van der Waals surface area contributed by atoms with E-state index in [2.05, 4.69) is 4.98 Å². The number of carboxylic acids is 1. The van der Waals surface area contributed by atoms with Gasteiger partial charge in [0.2, 0.25) is 0 Å². The molecule has 106 valence electrons. The first-order valence-corrected chi connectivity index (χ1v) is 8.62. The molecule has 0 bridgehead atoms. The standard InChI is InChI=1S/C13H13NO4S2/c1-8-11(13(15)16)19-12(14-8)10-6-4-3-5-9(10)7-20(2,17)18/h3-6H,7H2,1-2H3,(H,15,16). The molecule has 5 nitrogen and oxygen atoms in total. The molecule has 1 N–H and O–H groups in total. The zero-order valence-corrected chi connectivity index (χ0v) is 12.6. The van der Waals surface area contributed by atoms with Crippen LogP contribution in [-0.2, 0) is 15.6 Å². The summed E-state index contributed by atoms with van der Waals surface area (Å²) >= 11 is 1.06. The summed E-state index contributed by atoms with van der Waals surface area (Å²) in [6, 6.07) is 7.00.